The van der Waals surface area contributed by atoms with Crippen molar-refractivity contribution in [2.45, 2.75) is 46.1 Å². The van der Waals surface area contributed by atoms with Gasteiger partial charge in [-0.3, -0.25) is 4.79 Å². The van der Waals surface area contributed by atoms with E-state index in [2.05, 4.69) is 13.8 Å². The molecule has 1 amide bonds. The van der Waals surface area contributed by atoms with Gasteiger partial charge in [0, 0.05) is 19.5 Å². The Morgan fingerprint density at radius 3 is 2.71 bits per heavy atom. The highest BCUT2D eigenvalue weighted by Gasteiger charge is 2.27. The lowest BCUT2D eigenvalue weighted by atomic mass is 9.85. The van der Waals surface area contributed by atoms with Crippen LogP contribution in [0.15, 0.2) is 0 Å². The van der Waals surface area contributed by atoms with Gasteiger partial charge in [0.05, 0.1) is 6.10 Å². The van der Waals surface area contributed by atoms with Crippen LogP contribution in [0, 0.1) is 5.41 Å². The van der Waals surface area contributed by atoms with Crippen LogP contribution in [0.2, 0.25) is 0 Å². The largest absolute Gasteiger partial charge is 0.392 e. The molecule has 0 spiro atoms. The molecule has 0 aromatic heterocycles. The molecule has 0 aliphatic carbocycles. The molecule has 1 aliphatic heterocycles. The van der Waals surface area contributed by atoms with Crippen molar-refractivity contribution in [3.05, 3.63) is 0 Å². The van der Waals surface area contributed by atoms with Gasteiger partial charge >= 0.3 is 0 Å². The summed E-state index contributed by atoms with van der Waals surface area (Å²) in [5.41, 5.74) is 0.267. The second kappa shape index (κ2) is 4.30. The Labute approximate surface area is 86.1 Å². The van der Waals surface area contributed by atoms with Crippen molar-refractivity contribution in [3.63, 3.8) is 0 Å². The third kappa shape index (κ3) is 3.29. The van der Waals surface area contributed by atoms with Crippen LogP contribution in [0.4, 0.5) is 0 Å². The predicted molar refractivity (Wildman–Crippen MR) is 55.9 cm³/mol. The number of carbonyl (C=O) groups is 1. The molecule has 1 rings (SSSR count). The Balaban J connectivity index is 2.56. The molecule has 1 N–H and O–H groups in total. The van der Waals surface area contributed by atoms with Crippen molar-refractivity contribution in [2.75, 3.05) is 13.1 Å². The van der Waals surface area contributed by atoms with Crippen LogP contribution in [0.5, 0.6) is 0 Å². The maximum absolute atomic E-state index is 11.7. The number of hydrogen-bond acceptors (Lipinski definition) is 2. The number of aliphatic hydroxyl groups excluding tert-OH is 1. The molecular weight excluding hydrogens is 178 g/mol. The SMILES string of the molecule is CC(O)CN1CCC(C)(C)CCC1=O. The van der Waals surface area contributed by atoms with Gasteiger partial charge in [-0.25, -0.2) is 0 Å². The van der Waals surface area contributed by atoms with Crippen molar-refractivity contribution < 1.29 is 9.90 Å². The monoisotopic (exact) mass is 199 g/mol. The predicted octanol–water partition coefficient (Wildman–Crippen LogP) is 1.41. The molecule has 0 aromatic carbocycles. The van der Waals surface area contributed by atoms with E-state index in [-0.39, 0.29) is 11.3 Å². The molecule has 1 heterocycles. The smallest absolute Gasteiger partial charge is 0.222 e. The average Bonchev–Trinajstić information content (AvgIpc) is 2.17. The highest BCUT2D eigenvalue weighted by Crippen LogP contribution is 2.30. The molecule has 0 radical (unpaired) electrons. The Morgan fingerprint density at radius 1 is 1.50 bits per heavy atom. The van der Waals surface area contributed by atoms with Crippen LogP contribution in [0.1, 0.15) is 40.0 Å². The summed E-state index contributed by atoms with van der Waals surface area (Å²) in [6, 6.07) is 0. The summed E-state index contributed by atoms with van der Waals surface area (Å²) in [4.78, 5) is 13.4. The summed E-state index contributed by atoms with van der Waals surface area (Å²) >= 11 is 0. The van der Waals surface area contributed by atoms with Crippen LogP contribution in [-0.2, 0) is 4.79 Å². The first-order valence-corrected chi connectivity index (χ1v) is 5.36. The van der Waals surface area contributed by atoms with Crippen LogP contribution in [0.3, 0.4) is 0 Å². The third-order valence-corrected chi connectivity index (χ3v) is 2.91. The van der Waals surface area contributed by atoms with Crippen molar-refractivity contribution in [2.24, 2.45) is 5.41 Å². The summed E-state index contributed by atoms with van der Waals surface area (Å²) in [6.07, 6.45) is 2.20. The third-order valence-electron chi connectivity index (χ3n) is 2.91. The van der Waals surface area contributed by atoms with Crippen molar-refractivity contribution in [1.29, 1.82) is 0 Å². The van der Waals surface area contributed by atoms with Crippen molar-refractivity contribution in [3.8, 4) is 0 Å². The molecular formula is C11H21NO2. The number of hydrogen-bond donors (Lipinski definition) is 1. The van der Waals surface area contributed by atoms with Gasteiger partial charge in [0.1, 0.15) is 0 Å². The number of nitrogens with zero attached hydrogens (tertiary/aromatic N) is 1. The van der Waals surface area contributed by atoms with E-state index in [0.717, 1.165) is 19.4 Å². The van der Waals surface area contributed by atoms with E-state index in [1.165, 1.54) is 0 Å². The minimum atomic E-state index is -0.417. The van der Waals surface area contributed by atoms with E-state index in [9.17, 15) is 9.90 Å². The average molecular weight is 199 g/mol. The molecule has 3 nitrogen and oxygen atoms in total. The lowest BCUT2D eigenvalue weighted by Crippen LogP contribution is -2.36. The van der Waals surface area contributed by atoms with Crippen molar-refractivity contribution in [1.82, 2.24) is 4.90 Å². The second-order valence-corrected chi connectivity index (χ2v) is 5.10. The van der Waals surface area contributed by atoms with Gasteiger partial charge in [-0.1, -0.05) is 13.8 Å². The normalized spacial score (nSPS) is 24.6. The summed E-state index contributed by atoms with van der Waals surface area (Å²) < 4.78 is 0. The van der Waals surface area contributed by atoms with E-state index in [0.29, 0.717) is 13.0 Å². The van der Waals surface area contributed by atoms with Gasteiger partial charge in [0.25, 0.3) is 0 Å². The van der Waals surface area contributed by atoms with Crippen LogP contribution < -0.4 is 0 Å². The molecule has 0 aromatic rings. The Kier molecular flexibility index (Phi) is 3.53. The molecule has 1 unspecified atom stereocenters. The van der Waals surface area contributed by atoms with Gasteiger partial charge < -0.3 is 10.0 Å². The van der Waals surface area contributed by atoms with Crippen LogP contribution >= 0.6 is 0 Å². The summed E-state index contributed by atoms with van der Waals surface area (Å²) in [5.74, 6) is 0.191. The van der Waals surface area contributed by atoms with Crippen molar-refractivity contribution >= 4 is 5.91 Å². The number of aliphatic hydroxyl groups is 1. The maximum atomic E-state index is 11.7. The first-order valence-electron chi connectivity index (χ1n) is 5.36. The number of carbonyl (C=O) groups excluding carboxylic acids is 1. The number of likely N-dealkylation sites (tertiary alicyclic amines) is 1. The number of rotatable bonds is 2. The zero-order valence-corrected chi connectivity index (χ0v) is 9.42. The summed E-state index contributed by atoms with van der Waals surface area (Å²) in [7, 11) is 0. The van der Waals surface area contributed by atoms with E-state index >= 15 is 0 Å². The van der Waals surface area contributed by atoms with E-state index < -0.39 is 6.10 Å². The zero-order chi connectivity index (χ0) is 10.8. The van der Waals surface area contributed by atoms with Crippen LogP contribution in [0.25, 0.3) is 0 Å². The minimum Gasteiger partial charge on any atom is -0.392 e. The standard InChI is InChI=1S/C11H21NO2/c1-9(13)8-12-7-6-11(2,3)5-4-10(12)14/h9,13H,4-8H2,1-3H3. The highest BCUT2D eigenvalue weighted by atomic mass is 16.3. The minimum absolute atomic E-state index is 0.191. The highest BCUT2D eigenvalue weighted by molar-refractivity contribution is 5.76. The Morgan fingerprint density at radius 2 is 2.14 bits per heavy atom. The lowest BCUT2D eigenvalue weighted by molar-refractivity contribution is -0.131. The molecule has 1 saturated heterocycles. The molecule has 14 heavy (non-hydrogen) atoms. The lowest BCUT2D eigenvalue weighted by Gasteiger charge is -2.24. The summed E-state index contributed by atoms with van der Waals surface area (Å²) in [5, 5.41) is 9.25. The zero-order valence-electron chi connectivity index (χ0n) is 9.42. The fourth-order valence-corrected chi connectivity index (χ4v) is 1.80. The molecule has 0 bridgehead atoms. The molecule has 3 heteroatoms. The van der Waals surface area contributed by atoms with E-state index in [1.807, 2.05) is 0 Å². The fraction of sp³-hybridized carbons (Fsp3) is 0.909. The van der Waals surface area contributed by atoms with Gasteiger partial charge in [-0.15, -0.1) is 0 Å². The topological polar surface area (TPSA) is 40.5 Å². The maximum Gasteiger partial charge on any atom is 0.222 e. The van der Waals surface area contributed by atoms with E-state index in [4.69, 9.17) is 0 Å². The molecule has 1 atom stereocenters. The Bertz CT molecular complexity index is 211. The Hall–Kier alpha value is -0.570. The number of amides is 1. The van der Waals surface area contributed by atoms with E-state index in [1.54, 1.807) is 11.8 Å². The quantitative estimate of drug-likeness (QED) is 0.730. The van der Waals surface area contributed by atoms with Crippen LogP contribution in [-0.4, -0.2) is 35.1 Å². The van der Waals surface area contributed by atoms with Gasteiger partial charge in [-0.05, 0) is 25.2 Å². The second-order valence-electron chi connectivity index (χ2n) is 5.10. The van der Waals surface area contributed by atoms with Gasteiger partial charge in [0.15, 0.2) is 0 Å². The molecule has 1 fully saturated rings. The molecule has 82 valence electrons. The number of β-amino-alcohol motifs (C(OH)–C–C–N with tert-alkyl or cyclic N) is 1. The van der Waals surface area contributed by atoms with Gasteiger partial charge in [-0.2, -0.15) is 0 Å². The first-order chi connectivity index (χ1) is 6.41. The summed E-state index contributed by atoms with van der Waals surface area (Å²) in [6.45, 7) is 7.40. The molecule has 1 aliphatic rings. The fourth-order valence-electron chi connectivity index (χ4n) is 1.80. The molecule has 0 saturated carbocycles. The first kappa shape index (κ1) is 11.5. The van der Waals surface area contributed by atoms with Gasteiger partial charge in [0.2, 0.25) is 5.91 Å².